The smallest absolute Gasteiger partial charge is 0.272 e. The van der Waals surface area contributed by atoms with Crippen LogP contribution in [-0.4, -0.2) is 50.5 Å². The van der Waals surface area contributed by atoms with E-state index in [0.717, 1.165) is 9.87 Å². The first-order valence-electron chi connectivity index (χ1n) is 8.72. The van der Waals surface area contributed by atoms with Crippen molar-refractivity contribution in [2.24, 2.45) is 0 Å². The van der Waals surface area contributed by atoms with Crippen LogP contribution in [-0.2, 0) is 26.0 Å². The molecule has 0 unspecified atom stereocenters. The standard InChI is InChI=1S/C20H22N2O5S/c1-22-18(19(27-2)16-10-6-7-11-17(16)28(22,25)26)20(24)21-15(13-23)12-14-8-4-3-5-9-14/h3-11,15,23H,12-13H2,1-2H3,(H,21,24)/t15-/m0/s1. The van der Waals surface area contributed by atoms with E-state index in [1.165, 1.54) is 20.2 Å². The largest absolute Gasteiger partial charge is 0.494 e. The fraction of sp³-hybridized carbons (Fsp3) is 0.250. The van der Waals surface area contributed by atoms with Crippen molar-refractivity contribution >= 4 is 21.7 Å². The molecule has 2 N–H and O–H groups in total. The summed E-state index contributed by atoms with van der Waals surface area (Å²) >= 11 is 0. The predicted octanol–water partition coefficient (Wildman–Crippen LogP) is 1.36. The highest BCUT2D eigenvalue weighted by Crippen LogP contribution is 2.36. The Hall–Kier alpha value is -2.84. The van der Waals surface area contributed by atoms with Crippen LogP contribution >= 0.6 is 0 Å². The van der Waals surface area contributed by atoms with E-state index >= 15 is 0 Å². The Morgan fingerprint density at radius 1 is 1.14 bits per heavy atom. The van der Waals surface area contributed by atoms with Crippen molar-refractivity contribution in [3.63, 3.8) is 0 Å². The summed E-state index contributed by atoms with van der Waals surface area (Å²) in [4.78, 5) is 13.0. The molecule has 0 bridgehead atoms. The summed E-state index contributed by atoms with van der Waals surface area (Å²) in [5.41, 5.74) is 1.15. The molecular weight excluding hydrogens is 380 g/mol. The van der Waals surface area contributed by atoms with Gasteiger partial charge in [-0.1, -0.05) is 42.5 Å². The van der Waals surface area contributed by atoms with Gasteiger partial charge in [0, 0.05) is 12.6 Å². The zero-order chi connectivity index (χ0) is 20.3. The quantitative estimate of drug-likeness (QED) is 0.761. The lowest BCUT2D eigenvalue weighted by Gasteiger charge is -2.30. The molecule has 2 aromatic rings. The number of benzene rings is 2. The molecule has 1 amide bonds. The minimum Gasteiger partial charge on any atom is -0.494 e. The van der Waals surface area contributed by atoms with Crippen molar-refractivity contribution in [3.8, 4) is 0 Å². The number of nitrogens with zero attached hydrogens (tertiary/aromatic N) is 1. The zero-order valence-electron chi connectivity index (χ0n) is 15.6. The van der Waals surface area contributed by atoms with E-state index in [1.54, 1.807) is 18.2 Å². The van der Waals surface area contributed by atoms with Crippen LogP contribution in [0.5, 0.6) is 0 Å². The molecule has 0 spiro atoms. The van der Waals surface area contributed by atoms with Gasteiger partial charge < -0.3 is 15.2 Å². The first-order chi connectivity index (χ1) is 13.4. The molecule has 0 radical (unpaired) electrons. The number of amides is 1. The van der Waals surface area contributed by atoms with Crippen molar-refractivity contribution < 1.29 is 23.1 Å². The molecule has 28 heavy (non-hydrogen) atoms. The number of sulfonamides is 1. The van der Waals surface area contributed by atoms with Crippen molar-refractivity contribution in [2.45, 2.75) is 17.4 Å². The second-order valence-corrected chi connectivity index (χ2v) is 8.33. The van der Waals surface area contributed by atoms with Gasteiger partial charge in [0.15, 0.2) is 11.5 Å². The molecule has 2 aromatic carbocycles. The third-order valence-corrected chi connectivity index (χ3v) is 6.42. The van der Waals surface area contributed by atoms with Crippen LogP contribution in [0.3, 0.4) is 0 Å². The number of carbonyl (C=O) groups excluding carboxylic acids is 1. The number of fused-ring (bicyclic) bond motifs is 1. The maximum absolute atomic E-state index is 13.0. The Bertz CT molecular complexity index is 1000. The number of carbonyl (C=O) groups is 1. The molecule has 7 nitrogen and oxygen atoms in total. The molecule has 0 fully saturated rings. The Kier molecular flexibility index (Phi) is 5.71. The Labute approximate surface area is 164 Å². The molecular formula is C20H22N2O5S. The summed E-state index contributed by atoms with van der Waals surface area (Å²) in [5.74, 6) is -0.464. The highest BCUT2D eigenvalue weighted by molar-refractivity contribution is 7.89. The van der Waals surface area contributed by atoms with Gasteiger partial charge in [0.2, 0.25) is 0 Å². The third kappa shape index (κ3) is 3.61. The molecule has 1 aliphatic heterocycles. The first-order valence-corrected chi connectivity index (χ1v) is 10.2. The van der Waals surface area contributed by atoms with Gasteiger partial charge in [-0.25, -0.2) is 8.42 Å². The van der Waals surface area contributed by atoms with Crippen LogP contribution in [0.1, 0.15) is 11.1 Å². The summed E-state index contributed by atoms with van der Waals surface area (Å²) in [6, 6.07) is 15.2. The van der Waals surface area contributed by atoms with Crippen LogP contribution in [0.2, 0.25) is 0 Å². The van der Waals surface area contributed by atoms with Crippen molar-refractivity contribution in [2.75, 3.05) is 20.8 Å². The number of ether oxygens (including phenoxy) is 1. The Morgan fingerprint density at radius 3 is 2.43 bits per heavy atom. The average molecular weight is 402 g/mol. The molecule has 3 rings (SSSR count). The minimum atomic E-state index is -3.89. The van der Waals surface area contributed by atoms with E-state index < -0.39 is 22.0 Å². The SMILES string of the molecule is COC1=C(C(=O)N[C@H](CO)Cc2ccccc2)N(C)S(=O)(=O)c2ccccc21. The first kappa shape index (κ1) is 19.9. The van der Waals surface area contributed by atoms with Gasteiger partial charge in [0.25, 0.3) is 15.9 Å². The highest BCUT2D eigenvalue weighted by Gasteiger charge is 2.38. The average Bonchev–Trinajstić information content (AvgIpc) is 2.70. The van der Waals surface area contributed by atoms with E-state index in [1.807, 2.05) is 30.3 Å². The lowest BCUT2D eigenvalue weighted by Crippen LogP contribution is -2.45. The van der Waals surface area contributed by atoms with Gasteiger partial charge in [-0.05, 0) is 24.1 Å². The van der Waals surface area contributed by atoms with Crippen LogP contribution in [0.25, 0.3) is 5.76 Å². The number of methoxy groups -OCH3 is 1. The lowest BCUT2D eigenvalue weighted by molar-refractivity contribution is -0.119. The van der Waals surface area contributed by atoms with Crippen LogP contribution in [0, 0.1) is 0 Å². The monoisotopic (exact) mass is 402 g/mol. The molecule has 1 heterocycles. The molecule has 0 saturated carbocycles. The van der Waals surface area contributed by atoms with Gasteiger partial charge >= 0.3 is 0 Å². The van der Waals surface area contributed by atoms with Crippen LogP contribution in [0.4, 0.5) is 0 Å². The van der Waals surface area contributed by atoms with E-state index in [9.17, 15) is 18.3 Å². The van der Waals surface area contributed by atoms with E-state index in [-0.39, 0.29) is 23.0 Å². The normalized spacial score (nSPS) is 16.3. The molecule has 0 saturated heterocycles. The molecule has 0 aromatic heterocycles. The highest BCUT2D eigenvalue weighted by atomic mass is 32.2. The molecule has 148 valence electrons. The van der Waals surface area contributed by atoms with E-state index in [0.29, 0.717) is 12.0 Å². The summed E-state index contributed by atoms with van der Waals surface area (Å²) in [6.45, 7) is -0.288. The van der Waals surface area contributed by atoms with E-state index in [2.05, 4.69) is 5.32 Å². The van der Waals surface area contributed by atoms with Crippen molar-refractivity contribution in [1.29, 1.82) is 0 Å². The number of hydrogen-bond donors (Lipinski definition) is 2. The number of hydrogen-bond acceptors (Lipinski definition) is 5. The van der Waals surface area contributed by atoms with Gasteiger partial charge in [0.05, 0.1) is 24.7 Å². The Morgan fingerprint density at radius 2 is 1.79 bits per heavy atom. The lowest BCUT2D eigenvalue weighted by atomic mass is 10.1. The number of nitrogens with one attached hydrogen (secondary N) is 1. The molecule has 1 atom stereocenters. The summed E-state index contributed by atoms with van der Waals surface area (Å²) in [7, 11) is -1.19. The van der Waals surface area contributed by atoms with Gasteiger partial charge in [-0.15, -0.1) is 0 Å². The fourth-order valence-electron chi connectivity index (χ4n) is 3.18. The topological polar surface area (TPSA) is 95.9 Å². The predicted molar refractivity (Wildman–Crippen MR) is 104 cm³/mol. The summed E-state index contributed by atoms with van der Waals surface area (Å²) in [6.07, 6.45) is 0.408. The maximum Gasteiger partial charge on any atom is 0.272 e. The van der Waals surface area contributed by atoms with Gasteiger partial charge in [-0.2, -0.15) is 0 Å². The minimum absolute atomic E-state index is 0.0777. The fourth-order valence-corrected chi connectivity index (χ4v) is 4.57. The van der Waals surface area contributed by atoms with Crippen LogP contribution < -0.4 is 5.32 Å². The van der Waals surface area contributed by atoms with E-state index in [4.69, 9.17) is 4.74 Å². The second-order valence-electron chi connectivity index (χ2n) is 6.39. The van der Waals surface area contributed by atoms with Crippen molar-refractivity contribution in [1.82, 2.24) is 9.62 Å². The van der Waals surface area contributed by atoms with Gasteiger partial charge in [-0.3, -0.25) is 9.10 Å². The van der Waals surface area contributed by atoms with Crippen molar-refractivity contribution in [3.05, 3.63) is 71.4 Å². The maximum atomic E-state index is 13.0. The number of aliphatic hydroxyl groups is 1. The van der Waals surface area contributed by atoms with Gasteiger partial charge in [0.1, 0.15) is 0 Å². The molecule has 8 heteroatoms. The Balaban J connectivity index is 1.96. The summed E-state index contributed by atoms with van der Waals surface area (Å²) < 4.78 is 32.0. The second kappa shape index (κ2) is 8.04. The summed E-state index contributed by atoms with van der Waals surface area (Å²) in [5, 5.41) is 12.4. The number of aliphatic hydroxyl groups excluding tert-OH is 1. The van der Waals surface area contributed by atoms with Crippen LogP contribution in [0.15, 0.2) is 65.2 Å². The number of rotatable bonds is 6. The zero-order valence-corrected chi connectivity index (χ0v) is 16.4. The third-order valence-electron chi connectivity index (χ3n) is 4.60. The number of likely N-dealkylation sites (N-methyl/N-ethyl adjacent to an activating group) is 1. The molecule has 0 aliphatic carbocycles. The molecule has 1 aliphatic rings.